The molecule has 2 rings (SSSR count). The van der Waals surface area contributed by atoms with Gasteiger partial charge in [0.15, 0.2) is 5.75 Å². The molecule has 0 saturated carbocycles. The van der Waals surface area contributed by atoms with Gasteiger partial charge in [-0.3, -0.25) is 4.79 Å². The van der Waals surface area contributed by atoms with Crippen molar-refractivity contribution in [2.45, 2.75) is 13.5 Å². The Balaban J connectivity index is 2.15. The van der Waals surface area contributed by atoms with Crippen molar-refractivity contribution < 1.29 is 4.74 Å². The first-order chi connectivity index (χ1) is 8.16. The molecule has 0 N–H and O–H groups in total. The molecule has 0 aliphatic carbocycles. The van der Waals surface area contributed by atoms with E-state index in [-0.39, 0.29) is 5.43 Å². The summed E-state index contributed by atoms with van der Waals surface area (Å²) in [5.74, 6) is 0.391. The van der Waals surface area contributed by atoms with Gasteiger partial charge in [-0.05, 0) is 12.5 Å². The average Bonchev–Trinajstić information content (AvgIpc) is 2.33. The second kappa shape index (κ2) is 4.87. The molecule has 3 nitrogen and oxygen atoms in total. The van der Waals surface area contributed by atoms with E-state index >= 15 is 0 Å². The van der Waals surface area contributed by atoms with Crippen LogP contribution in [0.5, 0.6) is 5.75 Å². The molecular formula is C14H15NO2. The van der Waals surface area contributed by atoms with Crippen molar-refractivity contribution in [2.75, 3.05) is 0 Å². The molecule has 0 bridgehead atoms. The van der Waals surface area contributed by atoms with E-state index in [1.54, 1.807) is 12.3 Å². The van der Waals surface area contributed by atoms with Crippen molar-refractivity contribution in [3.05, 3.63) is 64.1 Å². The standard InChI is InChI=1S/C14H15NO2/c1-11-8-13(16)14(9-15(11)2)17-10-12-6-4-3-5-7-12/h3-9H,10H2,1-2H3. The summed E-state index contributed by atoms with van der Waals surface area (Å²) < 4.78 is 7.40. The summed E-state index contributed by atoms with van der Waals surface area (Å²) in [5.41, 5.74) is 1.90. The monoisotopic (exact) mass is 229 g/mol. The molecule has 1 aromatic heterocycles. The van der Waals surface area contributed by atoms with Gasteiger partial charge in [0.1, 0.15) is 6.61 Å². The van der Waals surface area contributed by atoms with Crippen LogP contribution in [0.25, 0.3) is 0 Å². The molecule has 1 aromatic carbocycles. The molecule has 0 spiro atoms. The first-order valence-electron chi connectivity index (χ1n) is 5.51. The van der Waals surface area contributed by atoms with E-state index in [1.165, 1.54) is 0 Å². The van der Waals surface area contributed by atoms with Gasteiger partial charge in [-0.15, -0.1) is 0 Å². The van der Waals surface area contributed by atoms with Crippen LogP contribution < -0.4 is 10.2 Å². The quantitative estimate of drug-likeness (QED) is 0.808. The first-order valence-corrected chi connectivity index (χ1v) is 5.51. The van der Waals surface area contributed by atoms with Gasteiger partial charge in [0.05, 0.1) is 0 Å². The minimum Gasteiger partial charge on any atom is -0.483 e. The van der Waals surface area contributed by atoms with Gasteiger partial charge < -0.3 is 9.30 Å². The summed E-state index contributed by atoms with van der Waals surface area (Å²) >= 11 is 0. The molecule has 0 saturated heterocycles. The zero-order chi connectivity index (χ0) is 12.3. The third-order valence-electron chi connectivity index (χ3n) is 2.69. The summed E-state index contributed by atoms with van der Waals surface area (Å²) in [7, 11) is 1.89. The zero-order valence-electron chi connectivity index (χ0n) is 10.0. The second-order valence-corrected chi connectivity index (χ2v) is 4.03. The predicted molar refractivity (Wildman–Crippen MR) is 67.2 cm³/mol. The summed E-state index contributed by atoms with van der Waals surface area (Å²) in [6.07, 6.45) is 1.72. The summed E-state index contributed by atoms with van der Waals surface area (Å²) in [4.78, 5) is 11.7. The van der Waals surface area contributed by atoms with Gasteiger partial charge in [0.2, 0.25) is 5.43 Å². The number of benzene rings is 1. The molecule has 17 heavy (non-hydrogen) atoms. The Morgan fingerprint density at radius 3 is 2.65 bits per heavy atom. The highest BCUT2D eigenvalue weighted by atomic mass is 16.5. The third kappa shape index (κ3) is 2.75. The Morgan fingerprint density at radius 1 is 1.24 bits per heavy atom. The van der Waals surface area contributed by atoms with Gasteiger partial charge in [-0.25, -0.2) is 0 Å². The molecule has 1 heterocycles. The van der Waals surface area contributed by atoms with Crippen LogP contribution in [-0.4, -0.2) is 4.57 Å². The van der Waals surface area contributed by atoms with Gasteiger partial charge >= 0.3 is 0 Å². The van der Waals surface area contributed by atoms with Crippen LogP contribution in [0.15, 0.2) is 47.4 Å². The minimum absolute atomic E-state index is 0.0727. The molecule has 0 fully saturated rings. The van der Waals surface area contributed by atoms with Crippen LogP contribution in [0, 0.1) is 6.92 Å². The van der Waals surface area contributed by atoms with Crippen LogP contribution in [-0.2, 0) is 13.7 Å². The molecule has 0 radical (unpaired) electrons. The highest BCUT2D eigenvalue weighted by Crippen LogP contribution is 2.08. The molecule has 0 atom stereocenters. The fourth-order valence-electron chi connectivity index (χ4n) is 1.55. The van der Waals surface area contributed by atoms with Crippen molar-refractivity contribution in [3.8, 4) is 5.75 Å². The number of hydrogen-bond donors (Lipinski definition) is 0. The van der Waals surface area contributed by atoms with Gasteiger partial charge in [-0.2, -0.15) is 0 Å². The summed E-state index contributed by atoms with van der Waals surface area (Å²) in [6.45, 7) is 2.31. The maximum absolute atomic E-state index is 11.7. The Labute approximate surface area is 100 Å². The smallest absolute Gasteiger partial charge is 0.223 e. The lowest BCUT2D eigenvalue weighted by molar-refractivity contribution is 0.300. The van der Waals surface area contributed by atoms with Crippen LogP contribution >= 0.6 is 0 Å². The van der Waals surface area contributed by atoms with E-state index in [4.69, 9.17) is 4.74 Å². The van der Waals surface area contributed by atoms with E-state index in [9.17, 15) is 4.79 Å². The lowest BCUT2D eigenvalue weighted by Crippen LogP contribution is -2.11. The number of aryl methyl sites for hydroxylation is 2. The van der Waals surface area contributed by atoms with Crippen LogP contribution in [0.1, 0.15) is 11.3 Å². The maximum atomic E-state index is 11.7. The molecule has 0 amide bonds. The highest BCUT2D eigenvalue weighted by Gasteiger charge is 2.03. The number of ether oxygens (including phenoxy) is 1. The normalized spacial score (nSPS) is 10.2. The number of pyridine rings is 1. The van der Waals surface area contributed by atoms with Gasteiger partial charge in [0.25, 0.3) is 0 Å². The van der Waals surface area contributed by atoms with Gasteiger partial charge in [-0.1, -0.05) is 30.3 Å². The van der Waals surface area contributed by atoms with Crippen LogP contribution in [0.4, 0.5) is 0 Å². The van der Waals surface area contributed by atoms with E-state index in [0.29, 0.717) is 12.4 Å². The van der Waals surface area contributed by atoms with Crippen LogP contribution in [0.3, 0.4) is 0 Å². The highest BCUT2D eigenvalue weighted by molar-refractivity contribution is 5.22. The van der Waals surface area contributed by atoms with Crippen LogP contribution in [0.2, 0.25) is 0 Å². The second-order valence-electron chi connectivity index (χ2n) is 4.03. The fraction of sp³-hybridized carbons (Fsp3) is 0.214. The summed E-state index contributed by atoms with van der Waals surface area (Å²) in [6, 6.07) is 11.4. The maximum Gasteiger partial charge on any atom is 0.223 e. The first kappa shape index (κ1) is 11.5. The molecule has 3 heteroatoms. The van der Waals surface area contributed by atoms with Crippen molar-refractivity contribution in [1.82, 2.24) is 4.57 Å². The van der Waals surface area contributed by atoms with Crippen molar-refractivity contribution in [2.24, 2.45) is 7.05 Å². The Hall–Kier alpha value is -2.03. The van der Waals surface area contributed by atoms with E-state index in [0.717, 1.165) is 11.3 Å². The average molecular weight is 229 g/mol. The molecule has 2 aromatic rings. The van der Waals surface area contributed by atoms with E-state index in [2.05, 4.69) is 0 Å². The molecular weight excluding hydrogens is 214 g/mol. The van der Waals surface area contributed by atoms with E-state index < -0.39 is 0 Å². The van der Waals surface area contributed by atoms with Gasteiger partial charge in [0, 0.05) is 25.0 Å². The third-order valence-corrected chi connectivity index (χ3v) is 2.69. The predicted octanol–water partition coefficient (Wildman–Crippen LogP) is 2.27. The zero-order valence-corrected chi connectivity index (χ0v) is 10.0. The van der Waals surface area contributed by atoms with E-state index in [1.807, 2.05) is 48.9 Å². The molecule has 0 aliphatic rings. The van der Waals surface area contributed by atoms with Crippen molar-refractivity contribution >= 4 is 0 Å². The van der Waals surface area contributed by atoms with Crippen molar-refractivity contribution in [3.63, 3.8) is 0 Å². The topological polar surface area (TPSA) is 31.2 Å². The molecule has 0 aliphatic heterocycles. The van der Waals surface area contributed by atoms with Crippen molar-refractivity contribution in [1.29, 1.82) is 0 Å². The molecule has 0 unspecified atom stereocenters. The number of rotatable bonds is 3. The number of hydrogen-bond acceptors (Lipinski definition) is 2. The Kier molecular flexibility index (Phi) is 3.28. The Morgan fingerprint density at radius 2 is 1.94 bits per heavy atom. The largest absolute Gasteiger partial charge is 0.483 e. The lowest BCUT2D eigenvalue weighted by atomic mass is 10.2. The lowest BCUT2D eigenvalue weighted by Gasteiger charge is -2.09. The number of nitrogens with zero attached hydrogens (tertiary/aromatic N) is 1. The SMILES string of the molecule is Cc1cc(=O)c(OCc2ccccc2)cn1C. The Bertz CT molecular complexity index is 558. The number of aromatic nitrogens is 1. The summed E-state index contributed by atoms with van der Waals surface area (Å²) in [5, 5.41) is 0. The minimum atomic E-state index is -0.0727. The molecule has 88 valence electrons. The fourth-order valence-corrected chi connectivity index (χ4v) is 1.55.